The lowest BCUT2D eigenvalue weighted by molar-refractivity contribution is -0.122. The van der Waals surface area contributed by atoms with E-state index in [1.165, 1.54) is 32.7 Å². The predicted octanol–water partition coefficient (Wildman–Crippen LogP) is 4.40. The maximum absolute atomic E-state index is 13.8. The summed E-state index contributed by atoms with van der Waals surface area (Å²) < 4.78 is 5.47. The van der Waals surface area contributed by atoms with Crippen LogP contribution in [-0.2, 0) is 9.59 Å². The summed E-state index contributed by atoms with van der Waals surface area (Å²) in [6, 6.07) is 22.0. The van der Waals surface area contributed by atoms with Crippen LogP contribution >= 0.6 is 0 Å². The van der Waals surface area contributed by atoms with Gasteiger partial charge < -0.3 is 4.74 Å². The summed E-state index contributed by atoms with van der Waals surface area (Å²) in [4.78, 5) is 28.9. The van der Waals surface area contributed by atoms with Crippen molar-refractivity contribution in [2.24, 2.45) is 11.8 Å². The molecule has 1 saturated heterocycles. The van der Waals surface area contributed by atoms with Gasteiger partial charge in [0.25, 0.3) is 0 Å². The second-order valence-corrected chi connectivity index (χ2v) is 8.45. The van der Waals surface area contributed by atoms with Crippen molar-refractivity contribution in [3.8, 4) is 5.75 Å². The molecule has 0 radical (unpaired) electrons. The fraction of sp³-hybridized carbons (Fsp3) is 0.231. The Hall–Kier alpha value is -3.40. The number of ether oxygens (including phenoxy) is 1. The fourth-order valence-corrected chi connectivity index (χ4v) is 5.90. The highest BCUT2D eigenvalue weighted by atomic mass is 16.5. The van der Waals surface area contributed by atoms with Crippen molar-refractivity contribution in [2.75, 3.05) is 12.0 Å². The maximum Gasteiger partial charge on any atom is 0.238 e. The Bertz CT molecular complexity index is 1230. The minimum atomic E-state index is -0.378. The number of imide groups is 1. The van der Waals surface area contributed by atoms with Crippen molar-refractivity contribution < 1.29 is 14.3 Å². The summed E-state index contributed by atoms with van der Waals surface area (Å²) in [7, 11) is 1.56. The maximum atomic E-state index is 13.8. The second-order valence-electron chi connectivity index (χ2n) is 8.45. The topological polar surface area (TPSA) is 46.6 Å². The molecule has 2 bridgehead atoms. The van der Waals surface area contributed by atoms with E-state index in [4.69, 9.17) is 4.74 Å². The molecule has 0 spiro atoms. The molecule has 4 unspecified atom stereocenters. The second kappa shape index (κ2) is 6.05. The molecule has 7 rings (SSSR count). The number of hydrogen-bond acceptors (Lipinski definition) is 3. The average Bonchev–Trinajstić information content (AvgIpc) is 3.04. The molecule has 4 aliphatic rings. The number of amides is 2. The Balaban J connectivity index is 1.58. The van der Waals surface area contributed by atoms with Crippen molar-refractivity contribution in [3.05, 3.63) is 94.5 Å². The minimum absolute atomic E-state index is 0.0945. The molecule has 4 atom stereocenters. The van der Waals surface area contributed by atoms with Crippen LogP contribution in [0.2, 0.25) is 0 Å². The number of anilines is 1. The summed E-state index contributed by atoms with van der Waals surface area (Å²) in [6.45, 7) is 2.08. The van der Waals surface area contributed by atoms with Crippen molar-refractivity contribution in [3.63, 3.8) is 0 Å². The van der Waals surface area contributed by atoms with Crippen LogP contribution in [0.3, 0.4) is 0 Å². The Labute approximate surface area is 175 Å². The minimum Gasteiger partial charge on any atom is -0.495 e. The molecule has 0 saturated carbocycles. The van der Waals surface area contributed by atoms with Crippen molar-refractivity contribution >= 4 is 17.5 Å². The van der Waals surface area contributed by atoms with Gasteiger partial charge in [-0.1, -0.05) is 60.2 Å². The quantitative estimate of drug-likeness (QED) is 0.604. The summed E-state index contributed by atoms with van der Waals surface area (Å²) in [6.07, 6.45) is 0. The van der Waals surface area contributed by atoms with Gasteiger partial charge in [0.1, 0.15) is 5.75 Å². The van der Waals surface area contributed by atoms with Crippen LogP contribution in [0.1, 0.15) is 39.7 Å². The lowest BCUT2D eigenvalue weighted by atomic mass is 9.55. The van der Waals surface area contributed by atoms with Gasteiger partial charge in [-0.25, -0.2) is 4.90 Å². The van der Waals surface area contributed by atoms with Gasteiger partial charge in [-0.3, -0.25) is 9.59 Å². The molecular weight excluding hydrogens is 374 g/mol. The number of aryl methyl sites for hydroxylation is 1. The van der Waals surface area contributed by atoms with E-state index in [-0.39, 0.29) is 35.5 Å². The first-order valence-corrected chi connectivity index (χ1v) is 10.3. The summed E-state index contributed by atoms with van der Waals surface area (Å²) in [5.74, 6) is -0.646. The average molecular weight is 395 g/mol. The van der Waals surface area contributed by atoms with Crippen molar-refractivity contribution in [1.82, 2.24) is 0 Å². The van der Waals surface area contributed by atoms with E-state index >= 15 is 0 Å². The molecule has 30 heavy (non-hydrogen) atoms. The van der Waals surface area contributed by atoms with Gasteiger partial charge in [0.15, 0.2) is 0 Å². The summed E-state index contributed by atoms with van der Waals surface area (Å²) in [5.41, 5.74) is 6.46. The highest BCUT2D eigenvalue weighted by molar-refractivity contribution is 6.24. The van der Waals surface area contributed by atoms with Gasteiger partial charge in [-0.15, -0.1) is 0 Å². The van der Waals surface area contributed by atoms with Crippen LogP contribution < -0.4 is 9.64 Å². The third kappa shape index (κ3) is 2.06. The molecule has 0 N–H and O–H groups in total. The number of para-hydroxylation sites is 2. The highest BCUT2D eigenvalue weighted by Crippen LogP contribution is 2.61. The molecule has 1 aliphatic heterocycles. The lowest BCUT2D eigenvalue weighted by Gasteiger charge is -2.46. The van der Waals surface area contributed by atoms with Gasteiger partial charge in [0.05, 0.1) is 24.6 Å². The van der Waals surface area contributed by atoms with Crippen LogP contribution in [0.15, 0.2) is 66.7 Å². The van der Waals surface area contributed by atoms with Crippen LogP contribution in [-0.4, -0.2) is 18.9 Å². The number of carbonyl (C=O) groups is 2. The number of hydrogen-bond donors (Lipinski definition) is 0. The van der Waals surface area contributed by atoms with Crippen LogP contribution in [0.4, 0.5) is 5.69 Å². The SMILES string of the molecule is COc1ccccc1N1C(=O)C2C3c4ccccc4C(c4cc(C)ccc43)C2C1=O. The Morgan fingerprint density at radius 3 is 1.97 bits per heavy atom. The van der Waals surface area contributed by atoms with Crippen LogP contribution in [0.5, 0.6) is 5.75 Å². The van der Waals surface area contributed by atoms with Gasteiger partial charge in [-0.05, 0) is 41.3 Å². The van der Waals surface area contributed by atoms with E-state index in [9.17, 15) is 9.59 Å². The third-order valence-corrected chi connectivity index (χ3v) is 7.02. The van der Waals surface area contributed by atoms with Crippen molar-refractivity contribution in [2.45, 2.75) is 18.8 Å². The number of carbonyl (C=O) groups excluding carboxylic acids is 2. The monoisotopic (exact) mass is 395 g/mol. The Kier molecular flexibility index (Phi) is 3.52. The molecular formula is C26H21NO3. The van der Waals surface area contributed by atoms with E-state index in [2.05, 4.69) is 37.3 Å². The molecule has 4 nitrogen and oxygen atoms in total. The lowest BCUT2D eigenvalue weighted by Crippen LogP contribution is -2.41. The largest absolute Gasteiger partial charge is 0.495 e. The standard InChI is InChI=1S/C26H21NO3/c1-14-11-12-17-18(13-14)22-16-8-4-3-7-15(16)21(17)23-24(22)26(29)27(25(23)28)19-9-5-6-10-20(19)30-2/h3-13,21-24H,1-2H3. The van der Waals surface area contributed by atoms with Gasteiger partial charge in [0.2, 0.25) is 11.8 Å². The van der Waals surface area contributed by atoms with Gasteiger partial charge in [0, 0.05) is 11.8 Å². The van der Waals surface area contributed by atoms with E-state index in [1.807, 2.05) is 24.3 Å². The molecule has 4 heteroatoms. The highest BCUT2D eigenvalue weighted by Gasteiger charge is 2.62. The van der Waals surface area contributed by atoms with E-state index in [0.717, 1.165) is 0 Å². The summed E-state index contributed by atoms with van der Waals surface area (Å²) >= 11 is 0. The molecule has 2 amide bonds. The van der Waals surface area contributed by atoms with Gasteiger partial charge in [-0.2, -0.15) is 0 Å². The predicted molar refractivity (Wildman–Crippen MR) is 114 cm³/mol. The molecule has 3 aromatic rings. The first-order chi connectivity index (χ1) is 14.6. The van der Waals surface area contributed by atoms with E-state index in [1.54, 1.807) is 19.2 Å². The molecule has 1 heterocycles. The fourth-order valence-electron chi connectivity index (χ4n) is 5.90. The molecule has 3 aliphatic carbocycles. The summed E-state index contributed by atoms with van der Waals surface area (Å²) in [5, 5.41) is 0. The van der Waals surface area contributed by atoms with Crippen LogP contribution in [0, 0.1) is 18.8 Å². The Morgan fingerprint density at radius 1 is 0.733 bits per heavy atom. The van der Waals surface area contributed by atoms with Crippen LogP contribution in [0.25, 0.3) is 0 Å². The van der Waals surface area contributed by atoms with E-state index in [0.29, 0.717) is 11.4 Å². The third-order valence-electron chi connectivity index (χ3n) is 7.02. The van der Waals surface area contributed by atoms with Crippen molar-refractivity contribution in [1.29, 1.82) is 0 Å². The number of nitrogens with zero attached hydrogens (tertiary/aromatic N) is 1. The molecule has 3 aromatic carbocycles. The van der Waals surface area contributed by atoms with Gasteiger partial charge >= 0.3 is 0 Å². The zero-order chi connectivity index (χ0) is 20.6. The first-order valence-electron chi connectivity index (χ1n) is 10.3. The zero-order valence-electron chi connectivity index (χ0n) is 16.8. The molecule has 0 aromatic heterocycles. The zero-order valence-corrected chi connectivity index (χ0v) is 16.8. The number of rotatable bonds is 2. The normalized spacial score (nSPS) is 25.7. The number of benzene rings is 3. The molecule has 1 fully saturated rings. The number of methoxy groups -OCH3 is 1. The first kappa shape index (κ1) is 17.5. The Morgan fingerprint density at radius 2 is 1.30 bits per heavy atom. The smallest absolute Gasteiger partial charge is 0.238 e. The molecule has 148 valence electrons. The van der Waals surface area contributed by atoms with E-state index < -0.39 is 0 Å².